The molecular weight excluding hydrogens is 581 g/mol. The highest BCUT2D eigenvalue weighted by atomic mass is 35.5. The van der Waals surface area contributed by atoms with Crippen molar-refractivity contribution in [1.29, 1.82) is 0 Å². The van der Waals surface area contributed by atoms with E-state index in [-0.39, 0.29) is 30.9 Å². The fourth-order valence-electron chi connectivity index (χ4n) is 4.50. The molecule has 0 aromatic heterocycles. The van der Waals surface area contributed by atoms with Crippen LogP contribution >= 0.6 is 23.4 Å². The summed E-state index contributed by atoms with van der Waals surface area (Å²) in [5.41, 5.74) is 3.33. The van der Waals surface area contributed by atoms with Crippen molar-refractivity contribution in [2.75, 3.05) is 23.7 Å². The van der Waals surface area contributed by atoms with Gasteiger partial charge in [0.1, 0.15) is 18.0 Å². The standard InChI is InChI=1S/C30H29ClFN5O4S/c1-18(38)33-15-24-16-37(30(40)41-24)23-10-11-25(26(32)12-23)21-6-2-19(3-7-21)13-34-28(39)27-17-42-29(36-27)35-14-20-4-8-22(31)9-5-20/h2-12,24,27H,13-17H2,1H3,(H,33,38)(H,34,39)(H,35,36). The monoisotopic (exact) mass is 609 g/mol. The first-order valence-electron chi connectivity index (χ1n) is 13.3. The molecule has 0 bridgehead atoms. The van der Waals surface area contributed by atoms with E-state index in [9.17, 15) is 14.4 Å². The number of carbonyl (C=O) groups excluding carboxylic acids is 3. The Bertz CT molecular complexity index is 1500. The Hall–Kier alpha value is -4.09. The largest absolute Gasteiger partial charge is 0.442 e. The number of hydrogen-bond donors (Lipinski definition) is 3. The molecule has 0 radical (unpaired) electrons. The van der Waals surface area contributed by atoms with Crippen molar-refractivity contribution in [3.8, 4) is 11.1 Å². The maximum absolute atomic E-state index is 15.1. The van der Waals surface area contributed by atoms with Crippen molar-refractivity contribution in [2.45, 2.75) is 32.2 Å². The van der Waals surface area contributed by atoms with Gasteiger partial charge in [-0.25, -0.2) is 9.18 Å². The third kappa shape index (κ3) is 7.40. The number of aliphatic imine (C=N–C) groups is 1. The third-order valence-corrected chi connectivity index (χ3v) is 8.04. The van der Waals surface area contributed by atoms with E-state index in [1.165, 1.54) is 29.7 Å². The van der Waals surface area contributed by atoms with Gasteiger partial charge < -0.3 is 20.7 Å². The average Bonchev–Trinajstić information content (AvgIpc) is 3.61. The normalized spacial score (nSPS) is 19.0. The number of cyclic esters (lactones) is 1. The van der Waals surface area contributed by atoms with Crippen molar-refractivity contribution >= 4 is 52.1 Å². The third-order valence-electron chi connectivity index (χ3n) is 6.77. The zero-order valence-electron chi connectivity index (χ0n) is 22.7. The number of benzene rings is 3. The highest BCUT2D eigenvalue weighted by Crippen LogP contribution is 2.29. The number of rotatable bonds is 9. The Morgan fingerprint density at radius 2 is 1.83 bits per heavy atom. The van der Waals surface area contributed by atoms with E-state index in [0.717, 1.165) is 16.3 Å². The SMILES string of the molecule is CC(=O)NCC1CN(c2ccc(-c3ccc(CNC(=O)C4CSC(=NCc5ccc(Cl)cc5)N4)cc3)c(F)c2)C(=O)O1. The predicted molar refractivity (Wildman–Crippen MR) is 162 cm³/mol. The first kappa shape index (κ1) is 29.4. The lowest BCUT2D eigenvalue weighted by molar-refractivity contribution is -0.122. The van der Waals surface area contributed by atoms with Crippen LogP contribution in [0.5, 0.6) is 0 Å². The maximum Gasteiger partial charge on any atom is 0.414 e. The number of ether oxygens (including phenoxy) is 1. The number of nitrogens with zero attached hydrogens (tertiary/aromatic N) is 2. The number of halogens is 2. The molecule has 42 heavy (non-hydrogen) atoms. The van der Waals surface area contributed by atoms with Crippen LogP contribution in [0, 0.1) is 5.82 Å². The van der Waals surface area contributed by atoms with Gasteiger partial charge in [0.05, 0.1) is 25.3 Å². The molecule has 2 atom stereocenters. The molecule has 3 aromatic carbocycles. The molecule has 3 N–H and O–H groups in total. The summed E-state index contributed by atoms with van der Waals surface area (Å²) in [7, 11) is 0. The van der Waals surface area contributed by atoms with Crippen molar-refractivity contribution in [3.05, 3.63) is 88.7 Å². The zero-order chi connectivity index (χ0) is 29.6. The highest BCUT2D eigenvalue weighted by Gasteiger charge is 2.33. The van der Waals surface area contributed by atoms with Crippen molar-refractivity contribution in [1.82, 2.24) is 16.0 Å². The van der Waals surface area contributed by atoms with Gasteiger partial charge in [-0.05, 0) is 47.0 Å². The Morgan fingerprint density at radius 1 is 1.10 bits per heavy atom. The Balaban J connectivity index is 1.12. The molecular formula is C30H29ClFN5O4S. The predicted octanol–water partition coefficient (Wildman–Crippen LogP) is 4.48. The van der Waals surface area contributed by atoms with E-state index in [0.29, 0.717) is 40.7 Å². The lowest BCUT2D eigenvalue weighted by Gasteiger charge is -2.15. The maximum atomic E-state index is 15.1. The first-order valence-corrected chi connectivity index (χ1v) is 14.7. The van der Waals surface area contributed by atoms with Gasteiger partial charge in [-0.1, -0.05) is 59.8 Å². The zero-order valence-corrected chi connectivity index (χ0v) is 24.3. The van der Waals surface area contributed by atoms with Gasteiger partial charge in [0.15, 0.2) is 5.17 Å². The smallest absolute Gasteiger partial charge is 0.414 e. The summed E-state index contributed by atoms with van der Waals surface area (Å²) >= 11 is 7.43. The van der Waals surface area contributed by atoms with E-state index >= 15 is 4.39 Å². The molecule has 3 amide bonds. The number of nitrogens with one attached hydrogen (secondary N) is 3. The van der Waals surface area contributed by atoms with Crippen LogP contribution in [0.2, 0.25) is 5.02 Å². The summed E-state index contributed by atoms with van der Waals surface area (Å²) in [4.78, 5) is 42.0. The molecule has 9 nitrogen and oxygen atoms in total. The molecule has 2 saturated heterocycles. The molecule has 12 heteroatoms. The molecule has 0 spiro atoms. The highest BCUT2D eigenvalue weighted by molar-refractivity contribution is 8.14. The van der Waals surface area contributed by atoms with Crippen molar-refractivity contribution in [2.24, 2.45) is 4.99 Å². The minimum atomic E-state index is -0.586. The van der Waals surface area contributed by atoms with E-state index in [1.54, 1.807) is 24.3 Å². The molecule has 218 valence electrons. The second kappa shape index (κ2) is 13.3. The van der Waals surface area contributed by atoms with Crippen LogP contribution in [0.4, 0.5) is 14.9 Å². The lowest BCUT2D eigenvalue weighted by atomic mass is 10.0. The van der Waals surface area contributed by atoms with Gasteiger partial charge in [-0.15, -0.1) is 0 Å². The molecule has 2 heterocycles. The number of hydrogen-bond acceptors (Lipinski definition) is 6. The van der Waals surface area contributed by atoms with Gasteiger partial charge in [0.2, 0.25) is 11.8 Å². The quantitative estimate of drug-likeness (QED) is 0.330. The topological polar surface area (TPSA) is 112 Å². The molecule has 5 rings (SSSR count). The van der Waals surface area contributed by atoms with Crippen LogP contribution in [0.15, 0.2) is 71.7 Å². The summed E-state index contributed by atoms with van der Waals surface area (Å²) in [6, 6.07) is 18.9. The lowest BCUT2D eigenvalue weighted by Crippen LogP contribution is -2.42. The second-order valence-electron chi connectivity index (χ2n) is 9.89. The molecule has 2 unspecified atom stereocenters. The minimum absolute atomic E-state index is 0.121. The summed E-state index contributed by atoms with van der Waals surface area (Å²) in [6.07, 6.45) is -1.09. The molecule has 0 aliphatic carbocycles. The van der Waals surface area contributed by atoms with E-state index in [2.05, 4.69) is 20.9 Å². The van der Waals surface area contributed by atoms with Crippen LogP contribution in [-0.2, 0) is 27.4 Å². The van der Waals surface area contributed by atoms with Gasteiger partial charge >= 0.3 is 6.09 Å². The fourth-order valence-corrected chi connectivity index (χ4v) is 5.56. The van der Waals surface area contributed by atoms with Gasteiger partial charge in [-0.2, -0.15) is 0 Å². The number of carbonyl (C=O) groups is 3. The Morgan fingerprint density at radius 3 is 2.55 bits per heavy atom. The van der Waals surface area contributed by atoms with E-state index < -0.39 is 18.0 Å². The van der Waals surface area contributed by atoms with Gasteiger partial charge in [-0.3, -0.25) is 19.5 Å². The number of anilines is 1. The van der Waals surface area contributed by atoms with E-state index in [4.69, 9.17) is 16.3 Å². The second-order valence-corrected chi connectivity index (χ2v) is 11.3. The summed E-state index contributed by atoms with van der Waals surface area (Å²) in [5, 5.41) is 10.1. The van der Waals surface area contributed by atoms with Crippen molar-refractivity contribution in [3.63, 3.8) is 0 Å². The minimum Gasteiger partial charge on any atom is -0.442 e. The average molecular weight is 610 g/mol. The molecule has 3 aromatic rings. The van der Waals surface area contributed by atoms with Crippen molar-refractivity contribution < 1.29 is 23.5 Å². The Labute approximate surface area is 251 Å². The van der Waals surface area contributed by atoms with Gasteiger partial charge in [0, 0.05) is 29.8 Å². The van der Waals surface area contributed by atoms with Crippen LogP contribution in [0.3, 0.4) is 0 Å². The first-order chi connectivity index (χ1) is 20.2. The molecule has 0 saturated carbocycles. The summed E-state index contributed by atoms with van der Waals surface area (Å²) < 4.78 is 20.3. The molecule has 2 aliphatic rings. The number of amidine groups is 1. The van der Waals surface area contributed by atoms with E-state index in [1.807, 2.05) is 36.4 Å². The fraction of sp³-hybridized carbons (Fsp3) is 0.267. The van der Waals surface area contributed by atoms with Crippen LogP contribution in [-0.4, -0.2) is 54.1 Å². The summed E-state index contributed by atoms with van der Waals surface area (Å²) in [5.74, 6) is -0.233. The molecule has 2 aliphatic heterocycles. The molecule has 2 fully saturated rings. The van der Waals surface area contributed by atoms with Crippen LogP contribution in [0.1, 0.15) is 18.1 Å². The van der Waals surface area contributed by atoms with Crippen LogP contribution in [0.25, 0.3) is 11.1 Å². The summed E-state index contributed by atoms with van der Waals surface area (Å²) in [6.45, 7) is 2.63. The number of thioether (sulfide) groups is 1. The number of amides is 3. The Kier molecular flexibility index (Phi) is 9.28. The van der Waals surface area contributed by atoms with Gasteiger partial charge in [0.25, 0.3) is 0 Å². The van der Waals surface area contributed by atoms with Crippen LogP contribution < -0.4 is 20.9 Å².